The molecule has 5 nitrogen and oxygen atoms in total. The number of benzene rings is 1. The zero-order valence-corrected chi connectivity index (χ0v) is 11.8. The first-order chi connectivity index (χ1) is 9.86. The van der Waals surface area contributed by atoms with Crippen molar-refractivity contribution >= 4 is 22.7 Å². The molecule has 2 heterocycles. The second kappa shape index (κ2) is 5.94. The van der Waals surface area contributed by atoms with Crippen LogP contribution in [0, 0.1) is 0 Å². The Morgan fingerprint density at radius 3 is 2.65 bits per heavy atom. The Balaban J connectivity index is 1.89. The van der Waals surface area contributed by atoms with Crippen molar-refractivity contribution in [3.8, 4) is 0 Å². The average Bonchev–Trinajstić information content (AvgIpc) is 2.50. The molecular weight excluding hydrogens is 270 g/mol. The molecule has 0 aliphatic rings. The molecule has 0 atom stereocenters. The molecule has 1 N–H and O–H groups in total. The topological polar surface area (TPSA) is 63.6 Å². The molecule has 100 valence electrons. The summed E-state index contributed by atoms with van der Waals surface area (Å²) in [4.78, 5) is 17.3. The van der Waals surface area contributed by atoms with Gasteiger partial charge in [0.05, 0.1) is 5.52 Å². The van der Waals surface area contributed by atoms with Crippen LogP contribution < -0.4 is 5.32 Å². The molecule has 0 fully saturated rings. The number of nitrogens with one attached hydrogen (secondary N) is 1. The molecule has 3 aromatic rings. The van der Waals surface area contributed by atoms with Gasteiger partial charge < -0.3 is 5.32 Å². The van der Waals surface area contributed by atoms with Crippen molar-refractivity contribution in [2.75, 3.05) is 7.05 Å². The summed E-state index contributed by atoms with van der Waals surface area (Å²) in [6.07, 6.45) is 5.23. The summed E-state index contributed by atoms with van der Waals surface area (Å²) in [5.74, 6) is 0. The highest BCUT2D eigenvalue weighted by Gasteiger charge is 2.07. The molecular formula is C14H13N5S. The minimum atomic E-state index is 0.689. The van der Waals surface area contributed by atoms with Crippen molar-refractivity contribution in [1.82, 2.24) is 25.3 Å². The maximum Gasteiger partial charge on any atom is 0.193 e. The van der Waals surface area contributed by atoms with Crippen LogP contribution in [-0.4, -0.2) is 27.0 Å². The van der Waals surface area contributed by atoms with Crippen LogP contribution in [0.2, 0.25) is 0 Å². The fourth-order valence-corrected chi connectivity index (χ4v) is 2.61. The highest BCUT2D eigenvalue weighted by atomic mass is 32.2. The summed E-state index contributed by atoms with van der Waals surface area (Å²) in [6, 6.07) is 7.92. The maximum atomic E-state index is 4.35. The molecule has 0 saturated carbocycles. The van der Waals surface area contributed by atoms with Crippen molar-refractivity contribution in [3.05, 3.63) is 48.5 Å². The van der Waals surface area contributed by atoms with Gasteiger partial charge >= 0.3 is 0 Å². The SMILES string of the molecule is CNCc1cnc(Sc2ncnc3ccccc23)nc1. The van der Waals surface area contributed by atoms with E-state index in [4.69, 9.17) is 0 Å². The van der Waals surface area contributed by atoms with E-state index in [1.54, 1.807) is 6.33 Å². The zero-order valence-electron chi connectivity index (χ0n) is 10.9. The lowest BCUT2D eigenvalue weighted by atomic mass is 10.2. The minimum Gasteiger partial charge on any atom is -0.316 e. The van der Waals surface area contributed by atoms with Crippen LogP contribution in [-0.2, 0) is 6.54 Å². The van der Waals surface area contributed by atoms with Gasteiger partial charge in [-0.3, -0.25) is 0 Å². The molecule has 0 radical (unpaired) electrons. The van der Waals surface area contributed by atoms with Crippen LogP contribution in [0.1, 0.15) is 5.56 Å². The van der Waals surface area contributed by atoms with Gasteiger partial charge in [0.2, 0.25) is 0 Å². The van der Waals surface area contributed by atoms with E-state index in [0.717, 1.165) is 28.0 Å². The van der Waals surface area contributed by atoms with Crippen LogP contribution in [0.3, 0.4) is 0 Å². The Morgan fingerprint density at radius 1 is 1.05 bits per heavy atom. The van der Waals surface area contributed by atoms with Gasteiger partial charge in [-0.15, -0.1) is 0 Å². The van der Waals surface area contributed by atoms with Crippen molar-refractivity contribution < 1.29 is 0 Å². The number of nitrogens with zero attached hydrogens (tertiary/aromatic N) is 4. The zero-order chi connectivity index (χ0) is 13.8. The monoisotopic (exact) mass is 283 g/mol. The van der Waals surface area contributed by atoms with Crippen LogP contribution in [0.15, 0.2) is 53.2 Å². The molecule has 1 aromatic carbocycles. The predicted molar refractivity (Wildman–Crippen MR) is 78.5 cm³/mol. The third-order valence-corrected chi connectivity index (χ3v) is 3.67. The Bertz CT molecular complexity index is 709. The van der Waals surface area contributed by atoms with E-state index in [-0.39, 0.29) is 0 Å². The lowest BCUT2D eigenvalue weighted by Crippen LogP contribution is -2.05. The smallest absolute Gasteiger partial charge is 0.193 e. The normalized spacial score (nSPS) is 10.8. The molecule has 3 rings (SSSR count). The molecule has 0 amide bonds. The highest BCUT2D eigenvalue weighted by molar-refractivity contribution is 7.99. The van der Waals surface area contributed by atoms with Crippen molar-refractivity contribution in [1.29, 1.82) is 0 Å². The van der Waals surface area contributed by atoms with Crippen molar-refractivity contribution in [3.63, 3.8) is 0 Å². The fourth-order valence-electron chi connectivity index (χ4n) is 1.84. The number of hydrogen-bond acceptors (Lipinski definition) is 6. The van der Waals surface area contributed by atoms with E-state index >= 15 is 0 Å². The van der Waals surface area contributed by atoms with Crippen LogP contribution in [0.25, 0.3) is 10.9 Å². The molecule has 0 spiro atoms. The van der Waals surface area contributed by atoms with E-state index in [9.17, 15) is 0 Å². The lowest BCUT2D eigenvalue weighted by Gasteiger charge is -2.04. The van der Waals surface area contributed by atoms with Crippen LogP contribution in [0.4, 0.5) is 0 Å². The number of hydrogen-bond donors (Lipinski definition) is 1. The summed E-state index contributed by atoms with van der Waals surface area (Å²) in [6.45, 7) is 0.765. The third kappa shape index (κ3) is 2.76. The Morgan fingerprint density at radius 2 is 1.85 bits per heavy atom. The quantitative estimate of drug-likeness (QED) is 0.585. The first kappa shape index (κ1) is 13.0. The number of fused-ring (bicyclic) bond motifs is 1. The molecule has 6 heteroatoms. The second-order valence-electron chi connectivity index (χ2n) is 4.20. The number of aromatic nitrogens is 4. The van der Waals surface area contributed by atoms with Gasteiger partial charge in [-0.1, -0.05) is 18.2 Å². The summed E-state index contributed by atoms with van der Waals surface area (Å²) < 4.78 is 0. The van der Waals surface area contributed by atoms with Gasteiger partial charge in [-0.2, -0.15) is 0 Å². The molecule has 0 aliphatic heterocycles. The molecule has 0 unspecified atom stereocenters. The molecule has 0 aliphatic carbocycles. The maximum absolute atomic E-state index is 4.35. The Labute approximate surface area is 120 Å². The van der Waals surface area contributed by atoms with Gasteiger partial charge in [0.25, 0.3) is 0 Å². The van der Waals surface area contributed by atoms with E-state index in [0.29, 0.717) is 5.16 Å². The van der Waals surface area contributed by atoms with Crippen molar-refractivity contribution in [2.24, 2.45) is 0 Å². The Kier molecular flexibility index (Phi) is 3.85. The van der Waals surface area contributed by atoms with Crippen LogP contribution in [0.5, 0.6) is 0 Å². The van der Waals surface area contributed by atoms with Gasteiger partial charge in [-0.25, -0.2) is 19.9 Å². The largest absolute Gasteiger partial charge is 0.316 e. The predicted octanol–water partition coefficient (Wildman–Crippen LogP) is 2.29. The first-order valence-electron chi connectivity index (χ1n) is 6.20. The molecule has 0 bridgehead atoms. The minimum absolute atomic E-state index is 0.689. The van der Waals surface area contributed by atoms with Gasteiger partial charge in [0.1, 0.15) is 11.4 Å². The van der Waals surface area contributed by atoms with Gasteiger partial charge in [-0.05, 0) is 24.9 Å². The molecule has 0 saturated heterocycles. The second-order valence-corrected chi connectivity index (χ2v) is 5.16. The molecule has 20 heavy (non-hydrogen) atoms. The van der Waals surface area contributed by atoms with Gasteiger partial charge in [0, 0.05) is 29.9 Å². The van der Waals surface area contributed by atoms with Gasteiger partial charge in [0.15, 0.2) is 5.16 Å². The molecule has 2 aromatic heterocycles. The lowest BCUT2D eigenvalue weighted by molar-refractivity contribution is 0.793. The van der Waals surface area contributed by atoms with Crippen molar-refractivity contribution in [2.45, 2.75) is 16.7 Å². The summed E-state index contributed by atoms with van der Waals surface area (Å²) in [5, 5.41) is 5.65. The van der Waals surface area contributed by atoms with E-state index in [2.05, 4.69) is 25.3 Å². The first-order valence-corrected chi connectivity index (χ1v) is 7.01. The summed E-state index contributed by atoms with van der Waals surface area (Å²) in [7, 11) is 1.90. The van der Waals surface area contributed by atoms with Crippen LogP contribution >= 0.6 is 11.8 Å². The highest BCUT2D eigenvalue weighted by Crippen LogP contribution is 2.28. The van der Waals surface area contributed by atoms with E-state index < -0.39 is 0 Å². The van der Waals surface area contributed by atoms with E-state index in [1.807, 2.05) is 43.7 Å². The Hall–Kier alpha value is -2.05. The average molecular weight is 283 g/mol. The summed E-state index contributed by atoms with van der Waals surface area (Å²) in [5.41, 5.74) is 1.99. The third-order valence-electron chi connectivity index (χ3n) is 2.76. The number of para-hydroxylation sites is 1. The standard InChI is InChI=1S/C14H13N5S/c1-15-6-10-7-16-14(17-8-10)20-13-11-4-2-3-5-12(11)18-9-19-13/h2-5,7-9,15H,6H2,1H3. The summed E-state index contributed by atoms with van der Waals surface area (Å²) >= 11 is 1.45. The van der Waals surface area contributed by atoms with E-state index in [1.165, 1.54) is 11.8 Å². The number of rotatable bonds is 4. The fraction of sp³-hybridized carbons (Fsp3) is 0.143.